The summed E-state index contributed by atoms with van der Waals surface area (Å²) < 4.78 is 0.941. The number of nitrogens with zero attached hydrogens (tertiary/aromatic N) is 2. The Kier molecular flexibility index (Phi) is 5.10. The summed E-state index contributed by atoms with van der Waals surface area (Å²) in [6.07, 6.45) is 1.52. The Labute approximate surface area is 161 Å². The fourth-order valence-corrected chi connectivity index (χ4v) is 3.57. The molecular weight excluding hydrogens is 422 g/mol. The van der Waals surface area contributed by atoms with E-state index < -0.39 is 16.4 Å². The number of hydrogen-bond acceptors (Lipinski definition) is 6. The van der Waals surface area contributed by atoms with Crippen LogP contribution in [0.4, 0.5) is 11.4 Å². The molecule has 2 aromatic rings. The number of amides is 1. The largest absolute Gasteiger partial charge is 0.502 e. The molecule has 2 aromatic carbocycles. The van der Waals surface area contributed by atoms with E-state index in [2.05, 4.69) is 26.2 Å². The van der Waals surface area contributed by atoms with Crippen LogP contribution in [0.1, 0.15) is 11.1 Å². The minimum Gasteiger partial charge on any atom is -0.502 e. The van der Waals surface area contributed by atoms with Crippen LogP contribution in [0.25, 0.3) is 6.08 Å². The topological polar surface area (TPSA) is 105 Å². The normalized spacial score (nSPS) is 16.9. The molecule has 7 nitrogen and oxygen atoms in total. The number of benzene rings is 2. The molecule has 1 saturated heterocycles. The van der Waals surface area contributed by atoms with Gasteiger partial charge in [-0.15, -0.1) is 0 Å². The second kappa shape index (κ2) is 7.30. The van der Waals surface area contributed by atoms with E-state index in [1.54, 1.807) is 0 Å². The molecule has 1 heterocycles. The molecule has 1 amide bonds. The van der Waals surface area contributed by atoms with Crippen LogP contribution in [-0.2, 0) is 4.79 Å². The summed E-state index contributed by atoms with van der Waals surface area (Å²) in [5.74, 6) is -0.757. The Hall–Kier alpha value is -2.65. The van der Waals surface area contributed by atoms with Crippen molar-refractivity contribution in [2.75, 3.05) is 0 Å². The first kappa shape index (κ1) is 18.2. The SMILES string of the molecule is Cc1cc(Br)ccc1N=C1NC(=O)/C(=C/c2ccc(O)c([N+](=O)[O-])c2)S1. The number of carbonyl (C=O) groups is 1. The van der Waals surface area contributed by atoms with Crippen molar-refractivity contribution < 1.29 is 14.8 Å². The summed E-state index contributed by atoms with van der Waals surface area (Å²) in [7, 11) is 0. The summed E-state index contributed by atoms with van der Waals surface area (Å²) >= 11 is 4.53. The lowest BCUT2D eigenvalue weighted by molar-refractivity contribution is -0.385. The quantitative estimate of drug-likeness (QED) is 0.427. The number of nitro groups is 1. The van der Waals surface area contributed by atoms with E-state index in [0.717, 1.165) is 27.5 Å². The van der Waals surface area contributed by atoms with E-state index in [0.29, 0.717) is 15.6 Å². The van der Waals surface area contributed by atoms with Gasteiger partial charge in [0, 0.05) is 10.5 Å². The van der Waals surface area contributed by atoms with Crippen LogP contribution in [0.2, 0.25) is 0 Å². The predicted molar refractivity (Wildman–Crippen MR) is 104 cm³/mol. The molecule has 0 aliphatic carbocycles. The number of hydrogen-bond donors (Lipinski definition) is 2. The zero-order chi connectivity index (χ0) is 18.8. The van der Waals surface area contributed by atoms with Crippen LogP contribution in [0.15, 0.2) is 50.8 Å². The number of aromatic hydroxyl groups is 1. The second-order valence-corrected chi connectivity index (χ2v) is 7.36. The van der Waals surface area contributed by atoms with Crippen LogP contribution in [-0.4, -0.2) is 21.1 Å². The van der Waals surface area contributed by atoms with Gasteiger partial charge in [-0.2, -0.15) is 0 Å². The van der Waals surface area contributed by atoms with Crippen molar-refractivity contribution in [2.45, 2.75) is 6.92 Å². The van der Waals surface area contributed by atoms with E-state index in [1.165, 1.54) is 24.3 Å². The molecule has 132 valence electrons. The van der Waals surface area contributed by atoms with Crippen molar-refractivity contribution in [3.05, 3.63) is 67.0 Å². The summed E-state index contributed by atoms with van der Waals surface area (Å²) in [6, 6.07) is 9.56. The molecule has 3 rings (SSSR count). The van der Waals surface area contributed by atoms with Crippen molar-refractivity contribution in [1.82, 2.24) is 5.32 Å². The minimum atomic E-state index is -0.678. The number of carbonyl (C=O) groups excluding carboxylic acids is 1. The number of halogens is 1. The average Bonchev–Trinajstić information content (AvgIpc) is 2.91. The number of aryl methyl sites for hydroxylation is 1. The van der Waals surface area contributed by atoms with Crippen molar-refractivity contribution >= 4 is 56.2 Å². The first-order valence-corrected chi connectivity index (χ1v) is 8.97. The highest BCUT2D eigenvalue weighted by Gasteiger charge is 2.24. The van der Waals surface area contributed by atoms with Gasteiger partial charge in [0.1, 0.15) is 0 Å². The van der Waals surface area contributed by atoms with Crippen LogP contribution in [0.3, 0.4) is 0 Å². The smallest absolute Gasteiger partial charge is 0.311 e. The molecule has 1 aliphatic heterocycles. The highest BCUT2D eigenvalue weighted by Crippen LogP contribution is 2.32. The lowest BCUT2D eigenvalue weighted by atomic mass is 10.1. The van der Waals surface area contributed by atoms with Crippen molar-refractivity contribution in [2.24, 2.45) is 4.99 Å². The van der Waals surface area contributed by atoms with Gasteiger partial charge < -0.3 is 10.4 Å². The molecular formula is C17H12BrN3O4S. The van der Waals surface area contributed by atoms with Gasteiger partial charge >= 0.3 is 5.69 Å². The third kappa shape index (κ3) is 3.94. The number of amidine groups is 1. The molecule has 0 unspecified atom stereocenters. The van der Waals surface area contributed by atoms with E-state index in [-0.39, 0.29) is 5.91 Å². The molecule has 0 spiro atoms. The fourth-order valence-electron chi connectivity index (χ4n) is 2.26. The van der Waals surface area contributed by atoms with Gasteiger partial charge in [-0.05, 0) is 60.2 Å². The number of nitrogens with one attached hydrogen (secondary N) is 1. The summed E-state index contributed by atoms with van der Waals surface area (Å²) in [5.41, 5.74) is 1.71. The highest BCUT2D eigenvalue weighted by molar-refractivity contribution is 9.10. The summed E-state index contributed by atoms with van der Waals surface area (Å²) in [5, 5.41) is 23.5. The molecule has 1 aliphatic rings. The Bertz CT molecular complexity index is 988. The highest BCUT2D eigenvalue weighted by atomic mass is 79.9. The van der Waals surface area contributed by atoms with Crippen LogP contribution in [0, 0.1) is 17.0 Å². The van der Waals surface area contributed by atoms with Crippen LogP contribution < -0.4 is 5.32 Å². The lowest BCUT2D eigenvalue weighted by Gasteiger charge is -2.01. The van der Waals surface area contributed by atoms with Gasteiger partial charge in [0.2, 0.25) is 0 Å². The molecule has 0 radical (unpaired) electrons. The zero-order valence-corrected chi connectivity index (χ0v) is 15.8. The Morgan fingerprint density at radius 2 is 2.08 bits per heavy atom. The van der Waals surface area contributed by atoms with Crippen molar-refractivity contribution in [3.8, 4) is 5.75 Å². The van der Waals surface area contributed by atoms with Gasteiger partial charge in [0.15, 0.2) is 10.9 Å². The number of aliphatic imine (C=N–C) groups is 1. The molecule has 26 heavy (non-hydrogen) atoms. The Morgan fingerprint density at radius 3 is 2.77 bits per heavy atom. The second-order valence-electron chi connectivity index (χ2n) is 5.42. The third-order valence-electron chi connectivity index (χ3n) is 3.53. The van der Waals surface area contributed by atoms with Gasteiger partial charge in [-0.1, -0.05) is 22.0 Å². The molecule has 0 aromatic heterocycles. The maximum atomic E-state index is 12.1. The Balaban J connectivity index is 1.88. The number of rotatable bonds is 3. The van der Waals surface area contributed by atoms with Crippen LogP contribution >= 0.6 is 27.7 Å². The number of phenols is 1. The monoisotopic (exact) mass is 433 g/mol. The first-order chi connectivity index (χ1) is 12.3. The average molecular weight is 434 g/mol. The fraction of sp³-hybridized carbons (Fsp3) is 0.0588. The number of nitro benzene ring substituents is 1. The first-order valence-electron chi connectivity index (χ1n) is 7.36. The minimum absolute atomic E-state index is 0.334. The van der Waals surface area contributed by atoms with Gasteiger partial charge in [-0.25, -0.2) is 4.99 Å². The van der Waals surface area contributed by atoms with E-state index >= 15 is 0 Å². The van der Waals surface area contributed by atoms with Gasteiger partial charge in [0.05, 0.1) is 15.5 Å². The summed E-state index contributed by atoms with van der Waals surface area (Å²) in [4.78, 5) is 27.2. The molecule has 0 saturated carbocycles. The van der Waals surface area contributed by atoms with Crippen LogP contribution in [0.5, 0.6) is 5.75 Å². The molecule has 2 N–H and O–H groups in total. The summed E-state index contributed by atoms with van der Waals surface area (Å²) in [6.45, 7) is 1.91. The van der Waals surface area contributed by atoms with Crippen molar-refractivity contribution in [3.63, 3.8) is 0 Å². The third-order valence-corrected chi connectivity index (χ3v) is 4.93. The molecule has 0 bridgehead atoms. The van der Waals surface area contributed by atoms with Crippen molar-refractivity contribution in [1.29, 1.82) is 0 Å². The van der Waals surface area contributed by atoms with Gasteiger partial charge in [-0.3, -0.25) is 14.9 Å². The molecule has 0 atom stereocenters. The zero-order valence-electron chi connectivity index (χ0n) is 13.4. The Morgan fingerprint density at radius 1 is 1.31 bits per heavy atom. The van der Waals surface area contributed by atoms with E-state index in [9.17, 15) is 20.0 Å². The maximum absolute atomic E-state index is 12.1. The lowest BCUT2D eigenvalue weighted by Crippen LogP contribution is -2.19. The molecule has 9 heteroatoms. The van der Waals surface area contributed by atoms with Gasteiger partial charge in [0.25, 0.3) is 5.91 Å². The predicted octanol–water partition coefficient (Wildman–Crippen LogP) is 4.26. The maximum Gasteiger partial charge on any atom is 0.311 e. The standard InChI is InChI=1S/C17H12BrN3O4S/c1-9-6-11(18)3-4-12(9)19-17-20-16(23)15(26-17)8-10-2-5-14(22)13(7-10)21(24)25/h2-8,22H,1H3,(H,19,20,23)/b15-8-. The number of thioether (sulfide) groups is 1. The molecule has 1 fully saturated rings. The van der Waals surface area contributed by atoms with E-state index in [1.807, 2.05) is 25.1 Å². The van der Waals surface area contributed by atoms with E-state index in [4.69, 9.17) is 0 Å². The number of phenolic OH excluding ortho intramolecular Hbond substituents is 1.